The average molecular weight is 259 g/mol. The highest BCUT2D eigenvalue weighted by Crippen LogP contribution is 2.17. The molecule has 0 bridgehead atoms. The summed E-state index contributed by atoms with van der Waals surface area (Å²) in [6.07, 6.45) is 3.03. The van der Waals surface area contributed by atoms with E-state index in [0.717, 1.165) is 39.0 Å². The molecule has 0 spiro atoms. The number of hydrogen-bond acceptors (Lipinski definition) is 3. The summed E-state index contributed by atoms with van der Waals surface area (Å²) in [5, 5.41) is 0. The molecular weight excluding hydrogens is 238 g/mol. The van der Waals surface area contributed by atoms with Gasteiger partial charge in [0, 0.05) is 25.6 Å². The fourth-order valence-corrected chi connectivity index (χ4v) is 3.01. The standard InChI is InChI=1S/C16H21NO2/c18-16(15-7-10-19-12-15)11-17-8-5-13-3-1-2-4-14(13)6-9-17/h1-4,15H,5-12H2. The Kier molecular flexibility index (Phi) is 3.95. The summed E-state index contributed by atoms with van der Waals surface area (Å²) in [6, 6.07) is 8.64. The van der Waals surface area contributed by atoms with Crippen molar-refractivity contribution in [3.63, 3.8) is 0 Å². The van der Waals surface area contributed by atoms with Gasteiger partial charge in [-0.2, -0.15) is 0 Å². The van der Waals surface area contributed by atoms with Gasteiger partial charge in [0.25, 0.3) is 0 Å². The van der Waals surface area contributed by atoms with Crippen molar-refractivity contribution in [3.05, 3.63) is 35.4 Å². The zero-order valence-corrected chi connectivity index (χ0v) is 11.3. The molecule has 1 aromatic carbocycles. The van der Waals surface area contributed by atoms with Gasteiger partial charge in [-0.3, -0.25) is 9.69 Å². The molecule has 2 aliphatic heterocycles. The van der Waals surface area contributed by atoms with Crippen molar-refractivity contribution in [1.82, 2.24) is 4.90 Å². The summed E-state index contributed by atoms with van der Waals surface area (Å²) in [4.78, 5) is 14.5. The van der Waals surface area contributed by atoms with E-state index in [1.54, 1.807) is 0 Å². The predicted octanol–water partition coefficient (Wildman–Crippen LogP) is 1.69. The number of Topliss-reactive ketones (excluding diaryl/α,β-unsaturated/α-hetero) is 1. The number of nitrogens with zero attached hydrogens (tertiary/aromatic N) is 1. The molecule has 0 aliphatic carbocycles. The van der Waals surface area contributed by atoms with E-state index in [9.17, 15) is 4.79 Å². The molecule has 1 atom stereocenters. The lowest BCUT2D eigenvalue weighted by Gasteiger charge is -2.20. The summed E-state index contributed by atoms with van der Waals surface area (Å²) in [7, 11) is 0. The topological polar surface area (TPSA) is 29.5 Å². The van der Waals surface area contributed by atoms with Crippen LogP contribution in [0.5, 0.6) is 0 Å². The smallest absolute Gasteiger partial charge is 0.152 e. The Bertz CT molecular complexity index is 425. The summed E-state index contributed by atoms with van der Waals surface area (Å²) in [5.41, 5.74) is 2.89. The molecule has 1 aromatic rings. The molecule has 3 rings (SSSR count). The van der Waals surface area contributed by atoms with Gasteiger partial charge in [-0.15, -0.1) is 0 Å². The lowest BCUT2D eigenvalue weighted by Crippen LogP contribution is -2.35. The van der Waals surface area contributed by atoms with Gasteiger partial charge in [0.15, 0.2) is 5.78 Å². The summed E-state index contributed by atoms with van der Waals surface area (Å²) >= 11 is 0. The lowest BCUT2D eigenvalue weighted by molar-refractivity contribution is -0.124. The maximum Gasteiger partial charge on any atom is 0.152 e. The molecular formula is C16H21NO2. The molecule has 0 aromatic heterocycles. The molecule has 1 fully saturated rings. The molecule has 3 heteroatoms. The highest BCUT2D eigenvalue weighted by Gasteiger charge is 2.25. The van der Waals surface area contributed by atoms with Crippen LogP contribution in [0.3, 0.4) is 0 Å². The van der Waals surface area contributed by atoms with E-state index in [1.807, 2.05) is 0 Å². The van der Waals surface area contributed by atoms with Crippen molar-refractivity contribution in [2.24, 2.45) is 5.92 Å². The van der Waals surface area contributed by atoms with Crippen molar-refractivity contribution >= 4 is 5.78 Å². The molecule has 19 heavy (non-hydrogen) atoms. The zero-order valence-electron chi connectivity index (χ0n) is 11.3. The van der Waals surface area contributed by atoms with Crippen molar-refractivity contribution in [2.75, 3.05) is 32.8 Å². The Morgan fingerprint density at radius 3 is 2.47 bits per heavy atom. The highest BCUT2D eigenvalue weighted by molar-refractivity contribution is 5.83. The van der Waals surface area contributed by atoms with E-state index < -0.39 is 0 Å². The molecule has 1 unspecified atom stereocenters. The monoisotopic (exact) mass is 259 g/mol. The van der Waals surface area contributed by atoms with E-state index in [2.05, 4.69) is 29.2 Å². The number of fused-ring (bicyclic) bond motifs is 1. The average Bonchev–Trinajstić information content (AvgIpc) is 2.90. The van der Waals surface area contributed by atoms with E-state index in [4.69, 9.17) is 4.74 Å². The van der Waals surface area contributed by atoms with Gasteiger partial charge in [0.1, 0.15) is 0 Å². The minimum absolute atomic E-state index is 0.144. The second-order valence-electron chi connectivity index (χ2n) is 5.57. The summed E-state index contributed by atoms with van der Waals surface area (Å²) < 4.78 is 5.30. The predicted molar refractivity (Wildman–Crippen MR) is 74.2 cm³/mol. The first-order chi connectivity index (χ1) is 9.33. The van der Waals surface area contributed by atoms with E-state index in [0.29, 0.717) is 18.9 Å². The molecule has 2 heterocycles. The third-order valence-corrected chi connectivity index (χ3v) is 4.28. The fourth-order valence-electron chi connectivity index (χ4n) is 3.01. The van der Waals surface area contributed by atoms with Gasteiger partial charge in [0.2, 0.25) is 0 Å². The maximum atomic E-state index is 12.2. The molecule has 1 saturated heterocycles. The quantitative estimate of drug-likeness (QED) is 0.827. The van der Waals surface area contributed by atoms with Crippen LogP contribution in [0.1, 0.15) is 17.5 Å². The van der Waals surface area contributed by atoms with Crippen LogP contribution < -0.4 is 0 Å². The van der Waals surface area contributed by atoms with E-state index in [-0.39, 0.29) is 5.92 Å². The molecule has 0 radical (unpaired) electrons. The highest BCUT2D eigenvalue weighted by atomic mass is 16.5. The molecule has 0 saturated carbocycles. The minimum Gasteiger partial charge on any atom is -0.381 e. The number of ether oxygens (including phenoxy) is 1. The first-order valence-corrected chi connectivity index (χ1v) is 7.22. The van der Waals surface area contributed by atoms with Gasteiger partial charge in [-0.1, -0.05) is 24.3 Å². The summed E-state index contributed by atoms with van der Waals surface area (Å²) in [6.45, 7) is 3.98. The first-order valence-electron chi connectivity index (χ1n) is 7.22. The largest absolute Gasteiger partial charge is 0.381 e. The Hall–Kier alpha value is -1.19. The number of carbonyl (C=O) groups excluding carboxylic acids is 1. The van der Waals surface area contributed by atoms with Crippen LogP contribution in [0.15, 0.2) is 24.3 Å². The number of rotatable bonds is 3. The second kappa shape index (κ2) is 5.85. The number of carbonyl (C=O) groups is 1. The van der Waals surface area contributed by atoms with E-state index in [1.165, 1.54) is 11.1 Å². The van der Waals surface area contributed by atoms with Crippen LogP contribution in [-0.4, -0.2) is 43.5 Å². The van der Waals surface area contributed by atoms with Crippen LogP contribution in [0.25, 0.3) is 0 Å². The van der Waals surface area contributed by atoms with Crippen molar-refractivity contribution in [1.29, 1.82) is 0 Å². The van der Waals surface area contributed by atoms with Gasteiger partial charge in [0.05, 0.1) is 13.2 Å². The zero-order chi connectivity index (χ0) is 13.1. The van der Waals surface area contributed by atoms with Crippen molar-refractivity contribution in [3.8, 4) is 0 Å². The van der Waals surface area contributed by atoms with Crippen LogP contribution >= 0.6 is 0 Å². The number of hydrogen-bond donors (Lipinski definition) is 0. The SMILES string of the molecule is O=C(CN1CCc2ccccc2CC1)C1CCOC1. The van der Waals surface area contributed by atoms with Gasteiger partial charge >= 0.3 is 0 Å². The third kappa shape index (κ3) is 3.04. The molecule has 0 amide bonds. The van der Waals surface area contributed by atoms with Gasteiger partial charge in [-0.25, -0.2) is 0 Å². The number of ketones is 1. The Morgan fingerprint density at radius 1 is 1.21 bits per heavy atom. The normalized spacial score (nSPS) is 23.9. The van der Waals surface area contributed by atoms with Crippen molar-refractivity contribution in [2.45, 2.75) is 19.3 Å². The second-order valence-corrected chi connectivity index (χ2v) is 5.57. The Labute approximate surface area is 114 Å². The summed E-state index contributed by atoms with van der Waals surface area (Å²) in [5.74, 6) is 0.508. The molecule has 2 aliphatic rings. The minimum atomic E-state index is 0.144. The van der Waals surface area contributed by atoms with Crippen LogP contribution in [0, 0.1) is 5.92 Å². The molecule has 3 nitrogen and oxygen atoms in total. The van der Waals surface area contributed by atoms with Crippen LogP contribution in [-0.2, 0) is 22.4 Å². The third-order valence-electron chi connectivity index (χ3n) is 4.28. The maximum absolute atomic E-state index is 12.2. The first kappa shape index (κ1) is 12.8. The number of benzene rings is 1. The van der Waals surface area contributed by atoms with E-state index >= 15 is 0 Å². The Morgan fingerprint density at radius 2 is 1.89 bits per heavy atom. The molecule has 102 valence electrons. The lowest BCUT2D eigenvalue weighted by atomic mass is 10.0. The van der Waals surface area contributed by atoms with Crippen LogP contribution in [0.2, 0.25) is 0 Å². The fraction of sp³-hybridized carbons (Fsp3) is 0.562. The molecule has 0 N–H and O–H groups in total. The Balaban J connectivity index is 1.58. The van der Waals surface area contributed by atoms with Gasteiger partial charge in [-0.05, 0) is 30.4 Å². The van der Waals surface area contributed by atoms with Gasteiger partial charge < -0.3 is 4.74 Å². The van der Waals surface area contributed by atoms with Crippen molar-refractivity contribution < 1.29 is 9.53 Å². The van der Waals surface area contributed by atoms with Crippen LogP contribution in [0.4, 0.5) is 0 Å².